The molecule has 0 radical (unpaired) electrons. The summed E-state index contributed by atoms with van der Waals surface area (Å²) in [6, 6.07) is 12.7. The highest BCUT2D eigenvalue weighted by molar-refractivity contribution is 5.84. The molecule has 8 nitrogen and oxygen atoms in total. The van der Waals surface area contributed by atoms with Gasteiger partial charge in [0.2, 0.25) is 0 Å². The van der Waals surface area contributed by atoms with E-state index in [4.69, 9.17) is 9.47 Å². The van der Waals surface area contributed by atoms with Crippen molar-refractivity contribution >= 4 is 17.8 Å². The molecular formula is C17H17N3O5. The van der Waals surface area contributed by atoms with Gasteiger partial charge in [-0.15, -0.1) is 0 Å². The molecule has 25 heavy (non-hydrogen) atoms. The smallest absolute Gasteiger partial charge is 0.280 e. The highest BCUT2D eigenvalue weighted by Crippen LogP contribution is 2.19. The number of nitro groups is 1. The van der Waals surface area contributed by atoms with Crippen molar-refractivity contribution in [2.45, 2.75) is 13.0 Å². The zero-order valence-electron chi connectivity index (χ0n) is 13.7. The van der Waals surface area contributed by atoms with Crippen LogP contribution in [0.2, 0.25) is 0 Å². The molecule has 0 aromatic heterocycles. The molecule has 130 valence electrons. The lowest BCUT2D eigenvalue weighted by Crippen LogP contribution is -2.33. The molecule has 0 aliphatic heterocycles. The summed E-state index contributed by atoms with van der Waals surface area (Å²) < 4.78 is 10.6. The second kappa shape index (κ2) is 8.44. The summed E-state index contributed by atoms with van der Waals surface area (Å²) in [5, 5.41) is 14.4. The molecule has 2 aromatic rings. The number of carbonyl (C=O) groups excluding carboxylic acids is 1. The van der Waals surface area contributed by atoms with Crippen LogP contribution in [-0.4, -0.2) is 30.3 Å². The van der Waals surface area contributed by atoms with Crippen LogP contribution in [-0.2, 0) is 4.79 Å². The van der Waals surface area contributed by atoms with Crippen molar-refractivity contribution in [3.05, 3.63) is 64.2 Å². The first-order valence-corrected chi connectivity index (χ1v) is 7.37. The van der Waals surface area contributed by atoms with E-state index in [1.54, 1.807) is 38.3 Å². The Morgan fingerprint density at radius 2 is 1.92 bits per heavy atom. The second-order valence-electron chi connectivity index (χ2n) is 5.02. The van der Waals surface area contributed by atoms with Crippen LogP contribution in [0.5, 0.6) is 11.5 Å². The molecule has 8 heteroatoms. The first-order chi connectivity index (χ1) is 12.0. The molecule has 1 amide bonds. The zero-order chi connectivity index (χ0) is 18.2. The summed E-state index contributed by atoms with van der Waals surface area (Å²) in [7, 11) is 1.54. The van der Waals surface area contributed by atoms with Crippen molar-refractivity contribution in [3.8, 4) is 11.5 Å². The highest BCUT2D eigenvalue weighted by Gasteiger charge is 2.14. The molecule has 0 bridgehead atoms. The van der Waals surface area contributed by atoms with Gasteiger partial charge in [-0.2, -0.15) is 5.10 Å². The maximum atomic E-state index is 12.0. The molecule has 0 spiro atoms. The van der Waals surface area contributed by atoms with Crippen LogP contribution in [0, 0.1) is 10.1 Å². The van der Waals surface area contributed by atoms with Gasteiger partial charge in [-0.25, -0.2) is 5.43 Å². The summed E-state index contributed by atoms with van der Waals surface area (Å²) in [4.78, 5) is 22.1. The third-order valence-corrected chi connectivity index (χ3v) is 3.22. The van der Waals surface area contributed by atoms with Gasteiger partial charge in [0.1, 0.15) is 11.5 Å². The van der Waals surface area contributed by atoms with E-state index in [0.29, 0.717) is 17.1 Å². The third-order valence-electron chi connectivity index (χ3n) is 3.22. The van der Waals surface area contributed by atoms with Gasteiger partial charge < -0.3 is 9.47 Å². The third kappa shape index (κ3) is 5.31. The number of methoxy groups -OCH3 is 1. The van der Waals surface area contributed by atoms with Gasteiger partial charge in [0.15, 0.2) is 6.10 Å². The molecule has 0 saturated heterocycles. The first kappa shape index (κ1) is 17.9. The van der Waals surface area contributed by atoms with Crippen LogP contribution >= 0.6 is 0 Å². The maximum absolute atomic E-state index is 12.0. The van der Waals surface area contributed by atoms with Crippen LogP contribution in [0.25, 0.3) is 0 Å². The van der Waals surface area contributed by atoms with Gasteiger partial charge in [-0.05, 0) is 36.8 Å². The number of nitro benzene ring substituents is 1. The fourth-order valence-electron chi connectivity index (χ4n) is 1.88. The number of rotatable bonds is 7. The van der Waals surface area contributed by atoms with E-state index < -0.39 is 16.9 Å². The maximum Gasteiger partial charge on any atom is 0.280 e. The van der Waals surface area contributed by atoms with E-state index in [2.05, 4.69) is 10.5 Å². The van der Waals surface area contributed by atoms with Crippen molar-refractivity contribution in [2.24, 2.45) is 5.10 Å². The molecule has 0 aliphatic rings. The van der Waals surface area contributed by atoms with Gasteiger partial charge in [-0.3, -0.25) is 14.9 Å². The number of benzene rings is 2. The normalized spacial score (nSPS) is 11.8. The molecule has 0 saturated carbocycles. The monoisotopic (exact) mass is 343 g/mol. The van der Waals surface area contributed by atoms with E-state index in [0.717, 1.165) is 0 Å². The number of hydrazone groups is 1. The van der Waals surface area contributed by atoms with Crippen LogP contribution in [0.4, 0.5) is 5.69 Å². The first-order valence-electron chi connectivity index (χ1n) is 7.37. The number of carbonyl (C=O) groups is 1. The zero-order valence-corrected chi connectivity index (χ0v) is 13.7. The Morgan fingerprint density at radius 1 is 1.24 bits per heavy atom. The number of nitrogens with one attached hydrogen (secondary N) is 1. The Balaban J connectivity index is 1.88. The van der Waals surface area contributed by atoms with E-state index in [1.165, 1.54) is 30.5 Å². The van der Waals surface area contributed by atoms with E-state index in [9.17, 15) is 14.9 Å². The standard InChI is InChI=1S/C17H17N3O5/c1-12(25-16-5-3-4-15(10-16)24-2)17(21)19-18-11-13-6-8-14(9-7-13)20(22)23/h3-12H,1-2H3,(H,19,21)/b18-11+. The van der Waals surface area contributed by atoms with Gasteiger partial charge in [0, 0.05) is 18.2 Å². The Hall–Kier alpha value is -3.42. The Morgan fingerprint density at radius 3 is 2.56 bits per heavy atom. The second-order valence-corrected chi connectivity index (χ2v) is 5.02. The molecular weight excluding hydrogens is 326 g/mol. The fourth-order valence-corrected chi connectivity index (χ4v) is 1.88. The topological polar surface area (TPSA) is 103 Å². The summed E-state index contributed by atoms with van der Waals surface area (Å²) >= 11 is 0. The molecule has 1 atom stereocenters. The number of non-ortho nitro benzene ring substituents is 1. The van der Waals surface area contributed by atoms with Gasteiger partial charge in [0.25, 0.3) is 11.6 Å². The lowest BCUT2D eigenvalue weighted by Gasteiger charge is -2.13. The molecule has 1 unspecified atom stereocenters. The van der Waals surface area contributed by atoms with Crippen LogP contribution in [0.1, 0.15) is 12.5 Å². The molecule has 2 rings (SSSR count). The van der Waals surface area contributed by atoms with Crippen molar-refractivity contribution in [2.75, 3.05) is 7.11 Å². The average Bonchev–Trinajstić information content (AvgIpc) is 2.62. The number of hydrogen-bond donors (Lipinski definition) is 1. The average molecular weight is 343 g/mol. The fraction of sp³-hybridized carbons (Fsp3) is 0.176. The summed E-state index contributed by atoms with van der Waals surface area (Å²) in [5.41, 5.74) is 2.96. The van der Waals surface area contributed by atoms with Crippen molar-refractivity contribution in [3.63, 3.8) is 0 Å². The molecule has 1 N–H and O–H groups in total. The quantitative estimate of drug-likeness (QED) is 0.473. The van der Waals surface area contributed by atoms with Gasteiger partial charge in [0.05, 0.1) is 18.2 Å². The predicted octanol–water partition coefficient (Wildman–Crippen LogP) is 2.52. The van der Waals surface area contributed by atoms with Gasteiger partial charge in [-0.1, -0.05) is 6.07 Å². The van der Waals surface area contributed by atoms with Crippen LogP contribution in [0.15, 0.2) is 53.6 Å². The molecule has 0 fully saturated rings. The number of amides is 1. The highest BCUT2D eigenvalue weighted by atomic mass is 16.6. The van der Waals surface area contributed by atoms with E-state index in [-0.39, 0.29) is 5.69 Å². The number of ether oxygens (including phenoxy) is 2. The molecule has 2 aromatic carbocycles. The van der Waals surface area contributed by atoms with E-state index in [1.807, 2.05) is 0 Å². The van der Waals surface area contributed by atoms with E-state index >= 15 is 0 Å². The summed E-state index contributed by atoms with van der Waals surface area (Å²) in [6.07, 6.45) is 0.626. The van der Waals surface area contributed by atoms with Crippen molar-refractivity contribution < 1.29 is 19.2 Å². The Bertz CT molecular complexity index is 774. The lowest BCUT2D eigenvalue weighted by molar-refractivity contribution is -0.384. The summed E-state index contributed by atoms with van der Waals surface area (Å²) in [5.74, 6) is 0.698. The predicted molar refractivity (Wildman–Crippen MR) is 91.9 cm³/mol. The minimum absolute atomic E-state index is 0.0125. The number of nitrogens with zero attached hydrogens (tertiary/aromatic N) is 2. The lowest BCUT2D eigenvalue weighted by atomic mass is 10.2. The molecule has 0 aliphatic carbocycles. The number of hydrogen-bond acceptors (Lipinski definition) is 6. The van der Waals surface area contributed by atoms with Crippen LogP contribution < -0.4 is 14.9 Å². The van der Waals surface area contributed by atoms with Gasteiger partial charge >= 0.3 is 0 Å². The SMILES string of the molecule is COc1cccc(OC(C)C(=O)N/N=C/c2ccc([N+](=O)[O-])cc2)c1. The van der Waals surface area contributed by atoms with Crippen molar-refractivity contribution in [1.29, 1.82) is 0 Å². The minimum Gasteiger partial charge on any atom is -0.497 e. The largest absolute Gasteiger partial charge is 0.497 e. The summed E-state index contributed by atoms with van der Waals surface area (Å²) in [6.45, 7) is 1.59. The van der Waals surface area contributed by atoms with Crippen molar-refractivity contribution in [1.82, 2.24) is 5.43 Å². The Kier molecular flexibility index (Phi) is 6.05. The Labute approximate surface area is 144 Å². The molecule has 0 heterocycles. The minimum atomic E-state index is -0.763. The van der Waals surface area contributed by atoms with Crippen LogP contribution in [0.3, 0.4) is 0 Å².